The summed E-state index contributed by atoms with van der Waals surface area (Å²) in [5, 5.41) is 1.28. The lowest BCUT2D eigenvalue weighted by Gasteiger charge is -2.29. The number of aryl methyl sites for hydroxylation is 3. The zero-order chi connectivity index (χ0) is 18.3. The number of aromatic nitrogens is 1. The van der Waals surface area contributed by atoms with Crippen LogP contribution in [0.25, 0.3) is 23.1 Å². The molecule has 2 heterocycles. The topological polar surface area (TPSA) is 7.12 Å². The van der Waals surface area contributed by atoms with Crippen molar-refractivity contribution in [2.45, 2.75) is 20.8 Å². The van der Waals surface area contributed by atoms with Gasteiger partial charge in [0, 0.05) is 41.5 Å². The molecular weight excluding hydrogens is 316 g/mol. The maximum Gasteiger partial charge on any atom is 0.212 e. The minimum absolute atomic E-state index is 0.948. The van der Waals surface area contributed by atoms with Gasteiger partial charge in [0.15, 0.2) is 0 Å². The molecule has 2 aromatic carbocycles. The first-order valence-electron chi connectivity index (χ1n) is 9.24. The molecule has 1 aliphatic heterocycles. The van der Waals surface area contributed by atoms with E-state index in [0.29, 0.717) is 0 Å². The highest BCUT2D eigenvalue weighted by Crippen LogP contribution is 2.32. The Morgan fingerprint density at radius 1 is 0.923 bits per heavy atom. The molecule has 2 heteroatoms. The molecule has 0 aliphatic carbocycles. The Kier molecular flexibility index (Phi) is 4.12. The molecule has 3 aromatic rings. The molecule has 130 valence electrons. The largest absolute Gasteiger partial charge is 0.341 e. The number of hydrogen-bond donors (Lipinski definition) is 0. The molecule has 0 saturated heterocycles. The number of pyridine rings is 1. The van der Waals surface area contributed by atoms with E-state index in [0.717, 1.165) is 6.54 Å². The Labute approximate surface area is 155 Å². The lowest BCUT2D eigenvalue weighted by Crippen LogP contribution is -2.33. The Bertz CT molecular complexity index is 1060. The highest BCUT2D eigenvalue weighted by molar-refractivity contribution is 5.81. The average Bonchev–Trinajstić information content (AvgIpc) is 2.63. The van der Waals surface area contributed by atoms with Crippen molar-refractivity contribution in [3.8, 4) is 0 Å². The molecular formula is C24H25N2+. The first-order valence-corrected chi connectivity index (χ1v) is 9.24. The van der Waals surface area contributed by atoms with Gasteiger partial charge in [-0.05, 0) is 56.2 Å². The van der Waals surface area contributed by atoms with Crippen molar-refractivity contribution in [3.63, 3.8) is 0 Å². The van der Waals surface area contributed by atoms with Crippen LogP contribution in [0.3, 0.4) is 0 Å². The first-order chi connectivity index (χ1) is 12.6. The molecule has 0 spiro atoms. The highest BCUT2D eigenvalue weighted by Gasteiger charge is 2.18. The summed E-state index contributed by atoms with van der Waals surface area (Å²) in [7, 11) is 2.14. The van der Waals surface area contributed by atoms with Gasteiger partial charge in [-0.1, -0.05) is 29.8 Å². The summed E-state index contributed by atoms with van der Waals surface area (Å²) < 4.78 is 2.27. The van der Waals surface area contributed by atoms with E-state index in [-0.39, 0.29) is 0 Å². The van der Waals surface area contributed by atoms with Gasteiger partial charge in [0.05, 0.1) is 0 Å². The van der Waals surface area contributed by atoms with Gasteiger partial charge in [-0.15, -0.1) is 0 Å². The summed E-state index contributed by atoms with van der Waals surface area (Å²) in [6, 6.07) is 17.7. The van der Waals surface area contributed by atoms with Crippen LogP contribution in [0.5, 0.6) is 0 Å². The summed E-state index contributed by atoms with van der Waals surface area (Å²) in [6.45, 7) is 7.45. The number of anilines is 1. The van der Waals surface area contributed by atoms with Gasteiger partial charge in [-0.2, -0.15) is 4.57 Å². The van der Waals surface area contributed by atoms with Crippen molar-refractivity contribution < 1.29 is 4.57 Å². The lowest BCUT2D eigenvalue weighted by molar-refractivity contribution is -0.646. The van der Waals surface area contributed by atoms with Gasteiger partial charge in [-0.3, -0.25) is 0 Å². The molecule has 0 fully saturated rings. The number of nitrogens with zero attached hydrogens (tertiary/aromatic N) is 2. The maximum atomic E-state index is 2.39. The Hall–Kier alpha value is -2.87. The van der Waals surface area contributed by atoms with E-state index < -0.39 is 0 Å². The highest BCUT2D eigenvalue weighted by atomic mass is 15.1. The second-order valence-electron chi connectivity index (χ2n) is 7.09. The fourth-order valence-electron chi connectivity index (χ4n) is 3.75. The van der Waals surface area contributed by atoms with Crippen LogP contribution in [0.1, 0.15) is 29.3 Å². The number of hydrogen-bond acceptors (Lipinski definition) is 1. The van der Waals surface area contributed by atoms with Gasteiger partial charge in [0.2, 0.25) is 11.2 Å². The van der Waals surface area contributed by atoms with E-state index in [9.17, 15) is 0 Å². The van der Waals surface area contributed by atoms with Crippen molar-refractivity contribution in [3.05, 3.63) is 82.7 Å². The predicted octanol–water partition coefficient (Wildman–Crippen LogP) is 5.18. The molecule has 0 radical (unpaired) electrons. The van der Waals surface area contributed by atoms with Gasteiger partial charge in [0.1, 0.15) is 7.05 Å². The van der Waals surface area contributed by atoms with E-state index in [1.807, 2.05) is 0 Å². The predicted molar refractivity (Wildman–Crippen MR) is 111 cm³/mol. The van der Waals surface area contributed by atoms with Gasteiger partial charge in [-0.25, -0.2) is 0 Å². The van der Waals surface area contributed by atoms with Gasteiger partial charge < -0.3 is 4.90 Å². The van der Waals surface area contributed by atoms with Gasteiger partial charge >= 0.3 is 0 Å². The van der Waals surface area contributed by atoms with E-state index >= 15 is 0 Å². The van der Waals surface area contributed by atoms with Crippen molar-refractivity contribution in [2.24, 2.45) is 7.05 Å². The minimum atomic E-state index is 0.948. The Balaban J connectivity index is 1.82. The lowest BCUT2D eigenvalue weighted by atomic mass is 10.0. The molecule has 1 aromatic heterocycles. The third-order valence-electron chi connectivity index (χ3n) is 5.20. The number of rotatable bonds is 2. The molecule has 0 N–H and O–H groups in total. The number of benzene rings is 2. The normalized spacial score (nSPS) is 14.9. The molecule has 0 amide bonds. The molecule has 0 saturated carbocycles. The monoisotopic (exact) mass is 341 g/mol. The quantitative estimate of drug-likeness (QED) is 0.583. The first kappa shape index (κ1) is 16.6. The number of fused-ring (bicyclic) bond motifs is 2. The fraction of sp³-hybridized carbons (Fsp3) is 0.208. The van der Waals surface area contributed by atoms with Crippen LogP contribution >= 0.6 is 0 Å². The summed E-state index contributed by atoms with van der Waals surface area (Å²) in [4.78, 5) is 2.39. The van der Waals surface area contributed by atoms with E-state index in [1.54, 1.807) is 0 Å². The molecule has 0 atom stereocenters. The second-order valence-corrected chi connectivity index (χ2v) is 7.09. The van der Waals surface area contributed by atoms with E-state index in [4.69, 9.17) is 0 Å². The molecule has 1 aliphatic rings. The summed E-state index contributed by atoms with van der Waals surface area (Å²) >= 11 is 0. The van der Waals surface area contributed by atoms with E-state index in [1.165, 1.54) is 44.7 Å². The Morgan fingerprint density at radius 3 is 2.50 bits per heavy atom. The van der Waals surface area contributed by atoms with E-state index in [2.05, 4.69) is 104 Å². The molecule has 4 rings (SSSR count). The molecule has 2 nitrogen and oxygen atoms in total. The fourth-order valence-corrected chi connectivity index (χ4v) is 3.75. The zero-order valence-corrected chi connectivity index (χ0v) is 16.0. The third-order valence-corrected chi connectivity index (χ3v) is 5.20. The Morgan fingerprint density at radius 2 is 1.69 bits per heavy atom. The van der Waals surface area contributed by atoms with Crippen LogP contribution in [0.4, 0.5) is 5.69 Å². The smallest absolute Gasteiger partial charge is 0.212 e. The van der Waals surface area contributed by atoms with Crippen molar-refractivity contribution >= 4 is 28.7 Å². The van der Waals surface area contributed by atoms with Crippen LogP contribution < -0.4 is 9.47 Å². The van der Waals surface area contributed by atoms with Crippen LogP contribution in [-0.2, 0) is 7.05 Å². The molecule has 0 unspecified atom stereocenters. The SMILES string of the molecule is CCN1/C(=C\c2ccc3cc(C)ccc3[n+]2C)C=Cc2ccc(C)cc21. The summed E-state index contributed by atoms with van der Waals surface area (Å²) in [5.41, 5.74) is 8.85. The summed E-state index contributed by atoms with van der Waals surface area (Å²) in [5.74, 6) is 0. The third kappa shape index (κ3) is 2.82. The van der Waals surface area contributed by atoms with Crippen LogP contribution in [0.15, 0.2) is 60.3 Å². The van der Waals surface area contributed by atoms with Crippen LogP contribution in [0.2, 0.25) is 0 Å². The second kappa shape index (κ2) is 6.45. The van der Waals surface area contributed by atoms with Crippen molar-refractivity contribution in [2.75, 3.05) is 11.4 Å². The minimum Gasteiger partial charge on any atom is -0.341 e. The maximum absolute atomic E-state index is 2.39. The van der Waals surface area contributed by atoms with Crippen molar-refractivity contribution in [1.82, 2.24) is 0 Å². The standard InChI is InChI=1S/C24H25N2/c1-5-26-22(12-9-19-8-6-18(3)15-24(19)26)16-21-11-10-20-14-17(2)7-13-23(20)25(21)4/h6-16H,5H2,1-4H3/q+1. The van der Waals surface area contributed by atoms with Crippen LogP contribution in [0, 0.1) is 13.8 Å². The summed E-state index contributed by atoms with van der Waals surface area (Å²) in [6.07, 6.45) is 6.72. The molecule has 0 bridgehead atoms. The van der Waals surface area contributed by atoms with Crippen molar-refractivity contribution in [1.29, 1.82) is 0 Å². The average molecular weight is 341 g/mol. The molecule has 26 heavy (non-hydrogen) atoms. The van der Waals surface area contributed by atoms with Gasteiger partial charge in [0.25, 0.3) is 0 Å². The van der Waals surface area contributed by atoms with Crippen LogP contribution in [-0.4, -0.2) is 6.54 Å². The zero-order valence-electron chi connectivity index (χ0n) is 16.0. The number of allylic oxidation sites excluding steroid dienone is 1. The number of likely N-dealkylation sites (N-methyl/N-ethyl adjacent to an activating group) is 1.